The SMILES string of the molecule is CNCC1CCCCN1C(=O)Cc1ccc(Cl)cc1. The first kappa shape index (κ1) is 14.4. The van der Waals surface area contributed by atoms with Crippen LogP contribution in [0.5, 0.6) is 0 Å². The number of amides is 1. The summed E-state index contributed by atoms with van der Waals surface area (Å²) < 4.78 is 0. The van der Waals surface area contributed by atoms with Crippen LogP contribution in [0.2, 0.25) is 5.02 Å². The molecule has 1 aliphatic rings. The molecule has 19 heavy (non-hydrogen) atoms. The van der Waals surface area contributed by atoms with E-state index in [-0.39, 0.29) is 5.91 Å². The van der Waals surface area contributed by atoms with Gasteiger partial charge in [0.15, 0.2) is 0 Å². The standard InChI is InChI=1S/C15H21ClN2O/c1-17-11-14-4-2-3-9-18(14)15(19)10-12-5-7-13(16)8-6-12/h5-8,14,17H,2-4,9-11H2,1H3. The molecular weight excluding hydrogens is 260 g/mol. The molecule has 1 N–H and O–H groups in total. The minimum Gasteiger partial charge on any atom is -0.338 e. The van der Waals surface area contributed by atoms with Crippen LogP contribution < -0.4 is 5.32 Å². The summed E-state index contributed by atoms with van der Waals surface area (Å²) in [6, 6.07) is 7.88. The highest BCUT2D eigenvalue weighted by molar-refractivity contribution is 6.30. The lowest BCUT2D eigenvalue weighted by atomic mass is 10.0. The third-order valence-corrected chi connectivity index (χ3v) is 3.91. The molecule has 0 bridgehead atoms. The van der Waals surface area contributed by atoms with Crippen LogP contribution in [0.4, 0.5) is 0 Å². The van der Waals surface area contributed by atoms with Crippen molar-refractivity contribution in [3.63, 3.8) is 0 Å². The van der Waals surface area contributed by atoms with Crippen molar-refractivity contribution in [3.05, 3.63) is 34.9 Å². The van der Waals surface area contributed by atoms with E-state index < -0.39 is 0 Å². The Bertz CT molecular complexity index is 417. The molecule has 1 aromatic carbocycles. The summed E-state index contributed by atoms with van der Waals surface area (Å²) in [6.07, 6.45) is 3.91. The molecular formula is C15H21ClN2O. The van der Waals surface area contributed by atoms with Gasteiger partial charge < -0.3 is 10.2 Å². The predicted molar refractivity (Wildman–Crippen MR) is 78.4 cm³/mol. The average Bonchev–Trinajstić information content (AvgIpc) is 2.42. The molecule has 1 aliphatic heterocycles. The Balaban J connectivity index is 1.99. The fourth-order valence-electron chi connectivity index (χ4n) is 2.66. The van der Waals surface area contributed by atoms with Gasteiger partial charge in [-0.3, -0.25) is 4.79 Å². The molecule has 104 valence electrons. The quantitative estimate of drug-likeness (QED) is 0.919. The molecule has 3 nitrogen and oxygen atoms in total. The van der Waals surface area contributed by atoms with Crippen LogP contribution in [-0.2, 0) is 11.2 Å². The monoisotopic (exact) mass is 280 g/mol. The minimum atomic E-state index is 0.224. The van der Waals surface area contributed by atoms with Crippen LogP contribution in [0.3, 0.4) is 0 Å². The van der Waals surface area contributed by atoms with Gasteiger partial charge in [0, 0.05) is 24.2 Å². The fourth-order valence-corrected chi connectivity index (χ4v) is 2.78. The Labute approximate surface area is 119 Å². The van der Waals surface area contributed by atoms with Crippen LogP contribution >= 0.6 is 11.6 Å². The number of carbonyl (C=O) groups is 1. The zero-order valence-electron chi connectivity index (χ0n) is 11.4. The molecule has 0 spiro atoms. The van der Waals surface area contributed by atoms with Gasteiger partial charge in [-0.2, -0.15) is 0 Å². The van der Waals surface area contributed by atoms with Gasteiger partial charge in [0.2, 0.25) is 5.91 Å². The third-order valence-electron chi connectivity index (χ3n) is 3.66. The molecule has 2 rings (SSSR count). The summed E-state index contributed by atoms with van der Waals surface area (Å²) in [5.74, 6) is 0.224. The number of carbonyl (C=O) groups excluding carboxylic acids is 1. The van der Waals surface area contributed by atoms with Crippen LogP contribution in [-0.4, -0.2) is 37.0 Å². The zero-order chi connectivity index (χ0) is 13.7. The van der Waals surface area contributed by atoms with Crippen LogP contribution in [0.15, 0.2) is 24.3 Å². The second-order valence-corrected chi connectivity index (χ2v) is 5.53. The zero-order valence-corrected chi connectivity index (χ0v) is 12.1. The Morgan fingerprint density at radius 3 is 2.79 bits per heavy atom. The molecule has 0 radical (unpaired) electrons. The number of hydrogen-bond acceptors (Lipinski definition) is 2. The summed E-state index contributed by atoms with van der Waals surface area (Å²) in [4.78, 5) is 14.4. The van der Waals surface area contributed by atoms with E-state index in [1.165, 1.54) is 6.42 Å². The van der Waals surface area contributed by atoms with E-state index in [1.807, 2.05) is 36.2 Å². The van der Waals surface area contributed by atoms with Crippen LogP contribution in [0, 0.1) is 0 Å². The first-order chi connectivity index (χ1) is 9.20. The van der Waals surface area contributed by atoms with Gasteiger partial charge in [-0.1, -0.05) is 23.7 Å². The normalized spacial score (nSPS) is 19.5. The lowest BCUT2D eigenvalue weighted by Crippen LogP contribution is -2.48. The Morgan fingerprint density at radius 2 is 2.11 bits per heavy atom. The first-order valence-corrected chi connectivity index (χ1v) is 7.27. The molecule has 1 fully saturated rings. The van der Waals surface area contributed by atoms with Crippen molar-refractivity contribution in [3.8, 4) is 0 Å². The van der Waals surface area contributed by atoms with Crippen molar-refractivity contribution >= 4 is 17.5 Å². The van der Waals surface area contributed by atoms with Gasteiger partial charge in [-0.05, 0) is 44.0 Å². The molecule has 1 amide bonds. The van der Waals surface area contributed by atoms with Crippen molar-refractivity contribution in [1.82, 2.24) is 10.2 Å². The Hall–Kier alpha value is -1.06. The van der Waals surface area contributed by atoms with Gasteiger partial charge in [0.1, 0.15) is 0 Å². The van der Waals surface area contributed by atoms with E-state index in [0.717, 1.165) is 31.5 Å². The second kappa shape index (κ2) is 6.92. The number of nitrogens with one attached hydrogen (secondary N) is 1. The number of nitrogens with zero attached hydrogens (tertiary/aromatic N) is 1. The van der Waals surface area contributed by atoms with E-state index in [2.05, 4.69) is 5.32 Å². The van der Waals surface area contributed by atoms with Gasteiger partial charge in [-0.15, -0.1) is 0 Å². The number of halogens is 1. The Kier molecular flexibility index (Phi) is 5.23. The topological polar surface area (TPSA) is 32.3 Å². The largest absolute Gasteiger partial charge is 0.338 e. The smallest absolute Gasteiger partial charge is 0.227 e. The van der Waals surface area contributed by atoms with Crippen molar-refractivity contribution in [2.24, 2.45) is 0 Å². The van der Waals surface area contributed by atoms with Crippen LogP contribution in [0.1, 0.15) is 24.8 Å². The molecule has 0 aliphatic carbocycles. The van der Waals surface area contributed by atoms with Gasteiger partial charge >= 0.3 is 0 Å². The minimum absolute atomic E-state index is 0.224. The van der Waals surface area contributed by atoms with E-state index in [4.69, 9.17) is 11.6 Å². The van der Waals surface area contributed by atoms with Crippen LogP contribution in [0.25, 0.3) is 0 Å². The molecule has 1 heterocycles. The summed E-state index contributed by atoms with van der Waals surface area (Å²) in [5, 5.41) is 3.89. The van der Waals surface area contributed by atoms with E-state index in [9.17, 15) is 4.79 Å². The van der Waals surface area contributed by atoms with E-state index >= 15 is 0 Å². The number of likely N-dealkylation sites (N-methyl/N-ethyl adjacent to an activating group) is 1. The Morgan fingerprint density at radius 1 is 1.37 bits per heavy atom. The lowest BCUT2D eigenvalue weighted by molar-refractivity contribution is -0.134. The maximum absolute atomic E-state index is 12.4. The first-order valence-electron chi connectivity index (χ1n) is 6.89. The molecule has 0 saturated carbocycles. The summed E-state index contributed by atoms with van der Waals surface area (Å²) in [5.41, 5.74) is 1.03. The maximum atomic E-state index is 12.4. The van der Waals surface area contributed by atoms with Gasteiger partial charge in [0.05, 0.1) is 6.42 Å². The number of piperidine rings is 1. The lowest BCUT2D eigenvalue weighted by Gasteiger charge is -2.36. The summed E-state index contributed by atoms with van der Waals surface area (Å²) >= 11 is 5.86. The summed E-state index contributed by atoms with van der Waals surface area (Å²) in [7, 11) is 1.94. The van der Waals surface area contributed by atoms with E-state index in [1.54, 1.807) is 0 Å². The highest BCUT2D eigenvalue weighted by Crippen LogP contribution is 2.18. The van der Waals surface area contributed by atoms with Crippen molar-refractivity contribution in [2.45, 2.75) is 31.7 Å². The fraction of sp³-hybridized carbons (Fsp3) is 0.533. The highest BCUT2D eigenvalue weighted by atomic mass is 35.5. The third kappa shape index (κ3) is 3.95. The van der Waals surface area contributed by atoms with Gasteiger partial charge in [0.25, 0.3) is 0 Å². The average molecular weight is 281 g/mol. The van der Waals surface area contributed by atoms with Crippen molar-refractivity contribution in [2.75, 3.05) is 20.1 Å². The van der Waals surface area contributed by atoms with Gasteiger partial charge in [-0.25, -0.2) is 0 Å². The molecule has 1 aromatic rings. The van der Waals surface area contributed by atoms with Crippen molar-refractivity contribution in [1.29, 1.82) is 0 Å². The maximum Gasteiger partial charge on any atom is 0.227 e. The molecule has 4 heteroatoms. The predicted octanol–water partition coefficient (Wildman–Crippen LogP) is 2.48. The number of hydrogen-bond donors (Lipinski definition) is 1. The molecule has 1 saturated heterocycles. The molecule has 1 unspecified atom stereocenters. The highest BCUT2D eigenvalue weighted by Gasteiger charge is 2.25. The van der Waals surface area contributed by atoms with Crippen molar-refractivity contribution < 1.29 is 4.79 Å². The number of rotatable bonds is 4. The number of likely N-dealkylation sites (tertiary alicyclic amines) is 1. The summed E-state index contributed by atoms with van der Waals surface area (Å²) in [6.45, 7) is 1.77. The number of benzene rings is 1. The molecule has 1 atom stereocenters. The second-order valence-electron chi connectivity index (χ2n) is 5.10. The molecule has 0 aromatic heterocycles. The van der Waals surface area contributed by atoms with E-state index in [0.29, 0.717) is 17.5 Å².